The average molecular weight is 292 g/mol. The molecule has 1 atom stereocenters. The first-order chi connectivity index (χ1) is 9.70. The van der Waals surface area contributed by atoms with Gasteiger partial charge in [0.05, 0.1) is 17.3 Å². The third-order valence-corrected chi connectivity index (χ3v) is 4.64. The van der Waals surface area contributed by atoms with E-state index >= 15 is 0 Å². The lowest BCUT2D eigenvalue weighted by molar-refractivity contribution is -0.138. The Labute approximate surface area is 120 Å². The van der Waals surface area contributed by atoms with Crippen molar-refractivity contribution in [3.8, 4) is 10.7 Å². The van der Waals surface area contributed by atoms with Gasteiger partial charge in [0.15, 0.2) is 5.82 Å². The summed E-state index contributed by atoms with van der Waals surface area (Å²) in [6.07, 6.45) is 3.11. The van der Waals surface area contributed by atoms with Crippen LogP contribution in [-0.4, -0.2) is 31.3 Å². The third kappa shape index (κ3) is 2.45. The molecule has 1 saturated carbocycles. The third-order valence-electron chi connectivity index (χ3n) is 3.69. The Morgan fingerprint density at radius 2 is 2.40 bits per heavy atom. The topological polar surface area (TPSA) is 80.9 Å². The number of hydrogen-bond donors (Lipinski definition) is 1. The number of hydrogen-bond acceptors (Lipinski definition) is 5. The van der Waals surface area contributed by atoms with Crippen LogP contribution in [0.2, 0.25) is 0 Å². The lowest BCUT2D eigenvalue weighted by Gasteiger charge is -2.15. The SMILES string of the molecule is CCc1ccsc1-c1nnnn1C(CC(=O)O)C1CC1. The Morgan fingerprint density at radius 1 is 1.60 bits per heavy atom. The van der Waals surface area contributed by atoms with Crippen LogP contribution in [0.5, 0.6) is 0 Å². The summed E-state index contributed by atoms with van der Waals surface area (Å²) in [5.74, 6) is 0.290. The van der Waals surface area contributed by atoms with Gasteiger partial charge in [-0.3, -0.25) is 4.79 Å². The minimum Gasteiger partial charge on any atom is -0.481 e. The molecule has 2 aromatic rings. The van der Waals surface area contributed by atoms with Crippen molar-refractivity contribution in [2.45, 2.75) is 38.6 Å². The Bertz CT molecular complexity index is 617. The summed E-state index contributed by atoms with van der Waals surface area (Å²) >= 11 is 1.60. The lowest BCUT2D eigenvalue weighted by atomic mass is 10.1. The van der Waals surface area contributed by atoms with Crippen molar-refractivity contribution in [1.82, 2.24) is 20.2 Å². The summed E-state index contributed by atoms with van der Waals surface area (Å²) in [5, 5.41) is 23.1. The maximum atomic E-state index is 11.1. The highest BCUT2D eigenvalue weighted by molar-refractivity contribution is 7.13. The number of thiophene rings is 1. The molecule has 1 aliphatic carbocycles. The van der Waals surface area contributed by atoms with Crippen LogP contribution < -0.4 is 0 Å². The van der Waals surface area contributed by atoms with E-state index < -0.39 is 5.97 Å². The number of carboxylic acid groups (broad SMARTS) is 1. The van der Waals surface area contributed by atoms with Gasteiger partial charge in [-0.1, -0.05) is 6.92 Å². The van der Waals surface area contributed by atoms with Gasteiger partial charge in [0.25, 0.3) is 0 Å². The minimum atomic E-state index is -0.801. The Balaban J connectivity index is 1.98. The zero-order valence-corrected chi connectivity index (χ0v) is 12.0. The fourth-order valence-electron chi connectivity index (χ4n) is 2.49. The molecule has 1 fully saturated rings. The summed E-state index contributed by atoms with van der Waals surface area (Å²) in [7, 11) is 0. The minimum absolute atomic E-state index is 0.0789. The highest BCUT2D eigenvalue weighted by Gasteiger charge is 2.36. The fraction of sp³-hybridized carbons (Fsp3) is 0.538. The zero-order chi connectivity index (χ0) is 14.1. The summed E-state index contributed by atoms with van der Waals surface area (Å²) in [6.45, 7) is 2.09. The predicted molar refractivity (Wildman–Crippen MR) is 74.5 cm³/mol. The molecule has 0 radical (unpaired) electrons. The van der Waals surface area contributed by atoms with Gasteiger partial charge < -0.3 is 5.11 Å². The van der Waals surface area contributed by atoms with Gasteiger partial charge in [0.2, 0.25) is 0 Å². The van der Waals surface area contributed by atoms with E-state index in [0.717, 1.165) is 24.1 Å². The normalized spacial score (nSPS) is 16.2. The molecule has 0 spiro atoms. The quantitative estimate of drug-likeness (QED) is 0.884. The maximum absolute atomic E-state index is 11.1. The second-order valence-electron chi connectivity index (χ2n) is 5.08. The second-order valence-corrected chi connectivity index (χ2v) is 5.99. The maximum Gasteiger partial charge on any atom is 0.305 e. The van der Waals surface area contributed by atoms with E-state index in [1.54, 1.807) is 16.0 Å². The molecule has 3 rings (SSSR count). The first kappa shape index (κ1) is 13.2. The van der Waals surface area contributed by atoms with Crippen molar-refractivity contribution < 1.29 is 9.90 Å². The highest BCUT2D eigenvalue weighted by Crippen LogP contribution is 2.43. The number of aliphatic carboxylic acids is 1. The van der Waals surface area contributed by atoms with Gasteiger partial charge in [0.1, 0.15) is 0 Å². The van der Waals surface area contributed by atoms with Crippen LogP contribution in [0.15, 0.2) is 11.4 Å². The summed E-state index contributed by atoms with van der Waals surface area (Å²) in [5.41, 5.74) is 1.20. The molecule has 2 heterocycles. The number of rotatable bonds is 6. The molecule has 106 valence electrons. The number of nitrogens with zero attached hydrogens (tertiary/aromatic N) is 4. The van der Waals surface area contributed by atoms with Gasteiger partial charge >= 0.3 is 5.97 Å². The van der Waals surface area contributed by atoms with Gasteiger partial charge in [-0.25, -0.2) is 4.68 Å². The Hall–Kier alpha value is -1.76. The molecule has 0 aromatic carbocycles. The molecule has 1 aliphatic rings. The largest absolute Gasteiger partial charge is 0.481 e. The molecule has 20 heavy (non-hydrogen) atoms. The molecule has 0 saturated heterocycles. The Morgan fingerprint density at radius 3 is 3.05 bits per heavy atom. The zero-order valence-electron chi connectivity index (χ0n) is 11.2. The molecule has 7 heteroatoms. The number of aryl methyl sites for hydroxylation is 1. The Kier molecular flexibility index (Phi) is 3.52. The molecule has 0 amide bonds. The van der Waals surface area contributed by atoms with Crippen LogP contribution in [0.3, 0.4) is 0 Å². The first-order valence-corrected chi connectivity index (χ1v) is 7.65. The molecular formula is C13H16N4O2S. The van der Waals surface area contributed by atoms with Crippen LogP contribution in [-0.2, 0) is 11.2 Å². The fourth-order valence-corrected chi connectivity index (χ4v) is 3.46. The summed E-state index contributed by atoms with van der Waals surface area (Å²) in [4.78, 5) is 12.1. The van der Waals surface area contributed by atoms with Crippen molar-refractivity contribution in [3.05, 3.63) is 17.0 Å². The second kappa shape index (κ2) is 5.32. The predicted octanol–water partition coefficient (Wildman–Crippen LogP) is 2.39. The molecule has 0 bridgehead atoms. The van der Waals surface area contributed by atoms with E-state index in [1.807, 2.05) is 5.38 Å². The van der Waals surface area contributed by atoms with Crippen LogP contribution in [0.25, 0.3) is 10.7 Å². The van der Waals surface area contributed by atoms with Crippen LogP contribution in [0.4, 0.5) is 0 Å². The first-order valence-electron chi connectivity index (χ1n) is 6.77. The average Bonchev–Trinajstić information content (AvgIpc) is 2.98. The number of tetrazole rings is 1. The van der Waals surface area contributed by atoms with E-state index in [1.165, 1.54) is 5.56 Å². The molecule has 1 N–H and O–H groups in total. The van der Waals surface area contributed by atoms with Gasteiger partial charge in [-0.15, -0.1) is 16.4 Å². The van der Waals surface area contributed by atoms with Crippen LogP contribution in [0.1, 0.15) is 37.8 Å². The van der Waals surface area contributed by atoms with E-state index in [4.69, 9.17) is 5.11 Å². The molecule has 0 aliphatic heterocycles. The van der Waals surface area contributed by atoms with E-state index in [0.29, 0.717) is 11.7 Å². The van der Waals surface area contributed by atoms with Gasteiger partial charge in [-0.05, 0) is 52.6 Å². The van der Waals surface area contributed by atoms with Gasteiger partial charge in [-0.2, -0.15) is 0 Å². The van der Waals surface area contributed by atoms with Crippen molar-refractivity contribution in [2.24, 2.45) is 5.92 Å². The molecule has 2 aromatic heterocycles. The molecule has 6 nitrogen and oxygen atoms in total. The van der Waals surface area contributed by atoms with E-state index in [9.17, 15) is 4.79 Å². The van der Waals surface area contributed by atoms with Crippen molar-refractivity contribution in [3.63, 3.8) is 0 Å². The van der Waals surface area contributed by atoms with Crippen molar-refractivity contribution >= 4 is 17.3 Å². The van der Waals surface area contributed by atoms with Crippen LogP contribution >= 0.6 is 11.3 Å². The highest BCUT2D eigenvalue weighted by atomic mass is 32.1. The number of aromatic nitrogens is 4. The van der Waals surface area contributed by atoms with Crippen molar-refractivity contribution in [1.29, 1.82) is 0 Å². The van der Waals surface area contributed by atoms with Crippen LogP contribution in [0, 0.1) is 5.92 Å². The number of carboxylic acids is 1. The van der Waals surface area contributed by atoms with Gasteiger partial charge in [0, 0.05) is 0 Å². The monoisotopic (exact) mass is 292 g/mol. The smallest absolute Gasteiger partial charge is 0.305 e. The standard InChI is InChI=1S/C13H16N4O2S/c1-2-8-5-6-20-12(8)13-14-15-16-17(13)10(7-11(18)19)9-3-4-9/h5-6,9-10H,2-4,7H2,1H3,(H,18,19). The van der Waals surface area contributed by atoms with E-state index in [-0.39, 0.29) is 12.5 Å². The summed E-state index contributed by atoms with van der Waals surface area (Å²) < 4.78 is 1.72. The van der Waals surface area contributed by atoms with E-state index in [2.05, 4.69) is 28.5 Å². The lowest BCUT2D eigenvalue weighted by Crippen LogP contribution is -2.18. The number of carbonyl (C=O) groups is 1. The van der Waals surface area contributed by atoms with Crippen molar-refractivity contribution in [2.75, 3.05) is 0 Å². The molecular weight excluding hydrogens is 276 g/mol. The molecule has 1 unspecified atom stereocenters. The summed E-state index contributed by atoms with van der Waals surface area (Å²) in [6, 6.07) is 1.94.